The molecule has 1 N–H and O–H groups in total. The number of fused-ring (bicyclic) bond motifs is 8. The maximum Gasteiger partial charge on any atom is 0.234 e. The summed E-state index contributed by atoms with van der Waals surface area (Å²) in [6.07, 6.45) is -0.291. The third kappa shape index (κ3) is 4.04. The van der Waals surface area contributed by atoms with Gasteiger partial charge >= 0.3 is 0 Å². The molecule has 7 aromatic carbocycles. The van der Waals surface area contributed by atoms with E-state index in [0.29, 0.717) is 5.96 Å². The second-order valence-electron chi connectivity index (χ2n) is 12.3. The van der Waals surface area contributed by atoms with E-state index in [-0.39, 0.29) is 6.17 Å². The Morgan fingerprint density at radius 1 is 0.479 bits per heavy atom. The van der Waals surface area contributed by atoms with Crippen LogP contribution in [0.4, 0.5) is 0 Å². The molecule has 0 saturated carbocycles. The van der Waals surface area contributed by atoms with Crippen LogP contribution < -0.4 is 5.32 Å². The van der Waals surface area contributed by atoms with E-state index < -0.39 is 0 Å². The monoisotopic (exact) mass is 615 g/mol. The number of hydrogen-bond donors (Lipinski definition) is 1. The fourth-order valence-electron chi connectivity index (χ4n) is 7.38. The molecule has 5 heteroatoms. The molecule has 1 unspecified atom stereocenters. The van der Waals surface area contributed by atoms with Gasteiger partial charge in [-0.3, -0.25) is 4.57 Å². The van der Waals surface area contributed by atoms with Gasteiger partial charge in [0.25, 0.3) is 0 Å². The second-order valence-corrected chi connectivity index (χ2v) is 12.3. The SMILES string of the molecule is c1ccc(C2=NC(n3c4ccccc4c4cc5c(cc43)c3ccc4ccccc4c3n5-c3ccccc3)=NC(c3ccccc3)N2)cc1. The maximum absolute atomic E-state index is 5.28. The van der Waals surface area contributed by atoms with Crippen LogP contribution in [0, 0.1) is 0 Å². The van der Waals surface area contributed by atoms with Crippen LogP contribution >= 0.6 is 0 Å². The molecule has 1 aliphatic rings. The van der Waals surface area contributed by atoms with E-state index in [9.17, 15) is 0 Å². The van der Waals surface area contributed by atoms with Crippen LogP contribution in [0.5, 0.6) is 0 Å². The number of nitrogens with zero attached hydrogens (tertiary/aromatic N) is 4. The lowest BCUT2D eigenvalue weighted by Crippen LogP contribution is -2.35. The minimum Gasteiger partial charge on any atom is -0.344 e. The highest BCUT2D eigenvalue weighted by Crippen LogP contribution is 2.41. The first-order valence-corrected chi connectivity index (χ1v) is 16.3. The number of amidine groups is 1. The highest BCUT2D eigenvalue weighted by atomic mass is 15.3. The smallest absolute Gasteiger partial charge is 0.234 e. The molecule has 0 amide bonds. The standard InChI is InChI=1S/C43H29N5/c1-4-15-29(16-5-1)41-44-42(30-17-6-2-7-18-30)46-43(45-41)48-37-23-13-12-22-33(37)35-26-38-36(27-39(35)48)34-25-24-28-14-10-11-21-32(28)40(34)47(38)31-19-8-3-9-20-31/h1-27,41H,(H,44,45,46). The molecule has 5 nitrogen and oxygen atoms in total. The van der Waals surface area contributed by atoms with E-state index in [1.165, 1.54) is 32.6 Å². The van der Waals surface area contributed by atoms with Gasteiger partial charge in [0, 0.05) is 38.2 Å². The predicted octanol–water partition coefficient (Wildman–Crippen LogP) is 10.00. The molecule has 3 heterocycles. The minimum atomic E-state index is -0.291. The largest absolute Gasteiger partial charge is 0.344 e. The fourth-order valence-corrected chi connectivity index (χ4v) is 7.38. The normalized spacial score (nSPS) is 14.9. The molecular formula is C43H29N5. The summed E-state index contributed by atoms with van der Waals surface area (Å²) in [6, 6.07) is 57.9. The van der Waals surface area contributed by atoms with Crippen LogP contribution in [-0.2, 0) is 0 Å². The van der Waals surface area contributed by atoms with Gasteiger partial charge in [0.2, 0.25) is 5.96 Å². The average Bonchev–Trinajstić information content (AvgIpc) is 3.67. The molecule has 9 aromatic rings. The Morgan fingerprint density at radius 3 is 1.90 bits per heavy atom. The van der Waals surface area contributed by atoms with Gasteiger partial charge in [-0.05, 0) is 41.3 Å². The van der Waals surface area contributed by atoms with Crippen LogP contribution in [0.3, 0.4) is 0 Å². The van der Waals surface area contributed by atoms with Crippen molar-refractivity contribution in [2.24, 2.45) is 9.98 Å². The second kappa shape index (κ2) is 10.5. The first-order chi connectivity index (χ1) is 23.8. The maximum atomic E-state index is 5.28. The molecular weight excluding hydrogens is 587 g/mol. The summed E-state index contributed by atoms with van der Waals surface area (Å²) in [6.45, 7) is 0. The molecule has 1 aliphatic heterocycles. The van der Waals surface area contributed by atoms with E-state index in [4.69, 9.17) is 9.98 Å². The molecule has 0 fully saturated rings. The number of hydrogen-bond acceptors (Lipinski definition) is 3. The van der Waals surface area contributed by atoms with E-state index in [2.05, 4.69) is 154 Å². The van der Waals surface area contributed by atoms with Crippen LogP contribution in [0.25, 0.3) is 60.1 Å². The van der Waals surface area contributed by atoms with Crippen molar-refractivity contribution in [3.8, 4) is 5.69 Å². The number of aliphatic imine (C=N–C) groups is 2. The minimum absolute atomic E-state index is 0.291. The van der Waals surface area contributed by atoms with Gasteiger partial charge in [0.15, 0.2) is 0 Å². The Hall–Kier alpha value is -6.46. The van der Waals surface area contributed by atoms with Crippen LogP contribution in [0.2, 0.25) is 0 Å². The van der Waals surface area contributed by atoms with Crippen LogP contribution in [-0.4, -0.2) is 20.9 Å². The van der Waals surface area contributed by atoms with Crippen LogP contribution in [0.1, 0.15) is 17.3 Å². The van der Waals surface area contributed by atoms with E-state index in [1.807, 2.05) is 24.3 Å². The summed E-state index contributed by atoms with van der Waals surface area (Å²) in [5, 5.41) is 10.8. The van der Waals surface area contributed by atoms with Crippen molar-refractivity contribution < 1.29 is 0 Å². The van der Waals surface area contributed by atoms with Crippen molar-refractivity contribution in [1.29, 1.82) is 0 Å². The molecule has 10 rings (SSSR count). The van der Waals surface area contributed by atoms with Gasteiger partial charge in [-0.1, -0.05) is 133 Å². The lowest BCUT2D eigenvalue weighted by atomic mass is 10.0. The van der Waals surface area contributed by atoms with Crippen molar-refractivity contribution in [3.05, 3.63) is 175 Å². The van der Waals surface area contributed by atoms with Crippen molar-refractivity contribution in [3.63, 3.8) is 0 Å². The Balaban J connectivity index is 1.32. The summed E-state index contributed by atoms with van der Waals surface area (Å²) in [4.78, 5) is 10.5. The summed E-state index contributed by atoms with van der Waals surface area (Å²) >= 11 is 0. The zero-order chi connectivity index (χ0) is 31.6. The number of nitrogens with one attached hydrogen (secondary N) is 1. The van der Waals surface area contributed by atoms with Gasteiger partial charge in [-0.25, -0.2) is 4.99 Å². The molecule has 0 spiro atoms. The zero-order valence-electron chi connectivity index (χ0n) is 26.0. The quantitative estimate of drug-likeness (QED) is 0.211. The molecule has 48 heavy (non-hydrogen) atoms. The summed E-state index contributed by atoms with van der Waals surface area (Å²) in [5.41, 5.74) is 7.78. The topological polar surface area (TPSA) is 46.6 Å². The van der Waals surface area contributed by atoms with E-state index >= 15 is 0 Å². The van der Waals surface area contributed by atoms with Gasteiger partial charge in [-0.15, -0.1) is 0 Å². The van der Waals surface area contributed by atoms with Crippen LogP contribution in [0.15, 0.2) is 174 Å². The summed E-state index contributed by atoms with van der Waals surface area (Å²) < 4.78 is 4.67. The third-order valence-electron chi connectivity index (χ3n) is 9.55. The summed E-state index contributed by atoms with van der Waals surface area (Å²) in [7, 11) is 0. The van der Waals surface area contributed by atoms with Crippen molar-refractivity contribution >= 4 is 66.2 Å². The van der Waals surface area contributed by atoms with E-state index in [1.54, 1.807) is 0 Å². The highest BCUT2D eigenvalue weighted by Gasteiger charge is 2.25. The van der Waals surface area contributed by atoms with Crippen molar-refractivity contribution in [2.75, 3.05) is 0 Å². The lowest BCUT2D eigenvalue weighted by molar-refractivity contribution is 0.668. The Labute approximate surface area is 276 Å². The number of aromatic nitrogens is 2. The third-order valence-corrected chi connectivity index (χ3v) is 9.55. The first-order valence-electron chi connectivity index (χ1n) is 16.3. The molecule has 2 aromatic heterocycles. The van der Waals surface area contributed by atoms with Gasteiger partial charge in [-0.2, -0.15) is 4.99 Å². The van der Waals surface area contributed by atoms with Gasteiger partial charge in [0.05, 0.1) is 22.1 Å². The highest BCUT2D eigenvalue weighted by molar-refractivity contribution is 6.24. The molecule has 0 aliphatic carbocycles. The zero-order valence-corrected chi connectivity index (χ0v) is 26.0. The van der Waals surface area contributed by atoms with Crippen molar-refractivity contribution in [2.45, 2.75) is 6.17 Å². The number of para-hydroxylation sites is 2. The van der Waals surface area contributed by atoms with Gasteiger partial charge in [0.1, 0.15) is 12.0 Å². The Kier molecular flexibility index (Phi) is 5.87. The summed E-state index contributed by atoms with van der Waals surface area (Å²) in [5.74, 6) is 1.46. The lowest BCUT2D eigenvalue weighted by Gasteiger charge is -2.24. The first kappa shape index (κ1) is 26.7. The molecule has 0 radical (unpaired) electrons. The molecule has 0 bridgehead atoms. The number of benzene rings is 7. The van der Waals surface area contributed by atoms with Crippen molar-refractivity contribution in [1.82, 2.24) is 14.5 Å². The predicted molar refractivity (Wildman–Crippen MR) is 199 cm³/mol. The fraction of sp³-hybridized carbons (Fsp3) is 0.0233. The number of rotatable bonds is 3. The molecule has 0 saturated heterocycles. The molecule has 226 valence electrons. The average molecular weight is 616 g/mol. The Bertz CT molecular complexity index is 2740. The molecule has 1 atom stereocenters. The van der Waals surface area contributed by atoms with E-state index in [0.717, 1.165) is 44.5 Å². The van der Waals surface area contributed by atoms with Gasteiger partial charge < -0.3 is 9.88 Å². The Morgan fingerprint density at radius 2 is 1.10 bits per heavy atom.